The molecule has 190 valence electrons. The molecule has 4 nitrogen and oxygen atoms in total. The molecular weight excluding hydrogens is 502 g/mol. The van der Waals surface area contributed by atoms with Crippen molar-refractivity contribution in [1.29, 1.82) is 0 Å². The number of pyridine rings is 3. The van der Waals surface area contributed by atoms with Crippen molar-refractivity contribution in [1.82, 2.24) is 15.0 Å². The van der Waals surface area contributed by atoms with Crippen LogP contribution in [0.3, 0.4) is 0 Å². The largest absolute Gasteiger partial charge is 0.455 e. The number of benzene rings is 5. The molecule has 5 aromatic carbocycles. The quantitative estimate of drug-likeness (QED) is 0.212. The molecule has 41 heavy (non-hydrogen) atoms. The number of para-hydroxylation sites is 3. The molecule has 4 heteroatoms. The number of hydrogen-bond donors (Lipinski definition) is 0. The highest BCUT2D eigenvalue weighted by atomic mass is 16.3. The van der Waals surface area contributed by atoms with Gasteiger partial charge in [0.2, 0.25) is 0 Å². The van der Waals surface area contributed by atoms with E-state index in [1.807, 2.05) is 42.7 Å². The Morgan fingerprint density at radius 2 is 1.15 bits per heavy atom. The van der Waals surface area contributed by atoms with Crippen LogP contribution in [-0.2, 0) is 0 Å². The Labute approximate surface area is 234 Å². The van der Waals surface area contributed by atoms with E-state index < -0.39 is 0 Å². The molecule has 0 aliphatic carbocycles. The standard InChI is InChI=1S/C37H21N3O/c1-3-17-30-27(12-1)32-28-15-7-19-38-35(28)36-29(16-8-20-39-36)33(32)34(40-30)23-10-5-9-22(21-23)24-13-6-14-26-25-11-2-4-18-31(25)41-37(24)26/h1-21H. The first-order valence-electron chi connectivity index (χ1n) is 13.7. The van der Waals surface area contributed by atoms with Crippen LogP contribution in [0.1, 0.15) is 0 Å². The topological polar surface area (TPSA) is 51.8 Å². The van der Waals surface area contributed by atoms with Crippen LogP contribution in [0, 0.1) is 0 Å². The van der Waals surface area contributed by atoms with Gasteiger partial charge < -0.3 is 4.42 Å². The van der Waals surface area contributed by atoms with Crippen molar-refractivity contribution < 1.29 is 4.42 Å². The van der Waals surface area contributed by atoms with Crippen LogP contribution in [-0.4, -0.2) is 15.0 Å². The zero-order valence-electron chi connectivity index (χ0n) is 21.9. The molecule has 9 rings (SSSR count). The van der Waals surface area contributed by atoms with E-state index in [9.17, 15) is 0 Å². The zero-order chi connectivity index (χ0) is 26.9. The minimum atomic E-state index is 0.886. The minimum absolute atomic E-state index is 0.886. The predicted molar refractivity (Wildman–Crippen MR) is 168 cm³/mol. The van der Waals surface area contributed by atoms with Gasteiger partial charge in [0.1, 0.15) is 11.2 Å². The van der Waals surface area contributed by atoms with E-state index in [2.05, 4.69) is 84.9 Å². The third-order valence-electron chi connectivity index (χ3n) is 8.12. The van der Waals surface area contributed by atoms with Crippen molar-refractivity contribution in [2.75, 3.05) is 0 Å². The van der Waals surface area contributed by atoms with Gasteiger partial charge in [0.25, 0.3) is 0 Å². The summed E-state index contributed by atoms with van der Waals surface area (Å²) in [6.45, 7) is 0. The van der Waals surface area contributed by atoms with Gasteiger partial charge in [-0.05, 0) is 35.9 Å². The highest BCUT2D eigenvalue weighted by Gasteiger charge is 2.19. The van der Waals surface area contributed by atoms with Crippen molar-refractivity contribution in [2.24, 2.45) is 0 Å². The van der Waals surface area contributed by atoms with E-state index in [1.165, 1.54) is 0 Å². The van der Waals surface area contributed by atoms with Gasteiger partial charge in [-0.3, -0.25) is 9.97 Å². The summed E-state index contributed by atoms with van der Waals surface area (Å²) in [7, 11) is 0. The molecule has 0 unspecified atom stereocenters. The summed E-state index contributed by atoms with van der Waals surface area (Å²) in [6, 6.07) is 39.9. The fraction of sp³-hybridized carbons (Fsp3) is 0. The van der Waals surface area contributed by atoms with Crippen molar-refractivity contribution in [3.63, 3.8) is 0 Å². The van der Waals surface area contributed by atoms with Gasteiger partial charge in [0.05, 0.1) is 22.2 Å². The highest BCUT2D eigenvalue weighted by molar-refractivity contribution is 6.32. The Balaban J connectivity index is 1.40. The third-order valence-corrected chi connectivity index (χ3v) is 8.12. The van der Waals surface area contributed by atoms with E-state index in [0.29, 0.717) is 0 Å². The van der Waals surface area contributed by atoms with Gasteiger partial charge in [0.15, 0.2) is 0 Å². The number of aromatic nitrogens is 3. The van der Waals surface area contributed by atoms with Crippen LogP contribution in [0.5, 0.6) is 0 Å². The summed E-state index contributed by atoms with van der Waals surface area (Å²) in [5.74, 6) is 0. The molecule has 0 aliphatic rings. The van der Waals surface area contributed by atoms with E-state index in [1.54, 1.807) is 0 Å². The van der Waals surface area contributed by atoms with Crippen LogP contribution in [0.4, 0.5) is 0 Å². The number of furan rings is 1. The van der Waals surface area contributed by atoms with Gasteiger partial charge in [-0.2, -0.15) is 0 Å². The van der Waals surface area contributed by atoms with E-state index in [-0.39, 0.29) is 0 Å². The molecule has 0 radical (unpaired) electrons. The molecule has 4 heterocycles. The van der Waals surface area contributed by atoms with Crippen LogP contribution in [0.2, 0.25) is 0 Å². The first kappa shape index (κ1) is 22.2. The first-order chi connectivity index (χ1) is 20.3. The Hall–Kier alpha value is -5.61. The molecule has 0 amide bonds. The van der Waals surface area contributed by atoms with Gasteiger partial charge in [-0.25, -0.2) is 4.98 Å². The van der Waals surface area contributed by atoms with E-state index in [4.69, 9.17) is 19.4 Å². The fourth-order valence-corrected chi connectivity index (χ4v) is 6.36. The normalized spacial score (nSPS) is 11.9. The Bertz CT molecular complexity index is 2490. The van der Waals surface area contributed by atoms with Crippen molar-refractivity contribution in [2.45, 2.75) is 0 Å². The number of fused-ring (bicyclic) bond motifs is 11. The van der Waals surface area contributed by atoms with Gasteiger partial charge in [-0.1, -0.05) is 84.9 Å². The molecule has 0 N–H and O–H groups in total. The lowest BCUT2D eigenvalue weighted by Crippen LogP contribution is -1.95. The number of nitrogens with zero attached hydrogens (tertiary/aromatic N) is 3. The first-order valence-corrected chi connectivity index (χ1v) is 13.7. The second-order valence-electron chi connectivity index (χ2n) is 10.4. The Morgan fingerprint density at radius 3 is 2.00 bits per heavy atom. The summed E-state index contributed by atoms with van der Waals surface area (Å²) < 4.78 is 6.39. The number of hydrogen-bond acceptors (Lipinski definition) is 4. The summed E-state index contributed by atoms with van der Waals surface area (Å²) in [5, 5.41) is 7.73. The van der Waals surface area contributed by atoms with E-state index in [0.717, 1.165) is 87.8 Å². The molecular formula is C37H21N3O. The van der Waals surface area contributed by atoms with Gasteiger partial charge >= 0.3 is 0 Å². The molecule has 0 aliphatic heterocycles. The maximum Gasteiger partial charge on any atom is 0.143 e. The predicted octanol–water partition coefficient (Wildman–Crippen LogP) is 9.72. The van der Waals surface area contributed by atoms with Crippen LogP contribution in [0.15, 0.2) is 132 Å². The molecule has 4 aromatic heterocycles. The molecule has 0 bridgehead atoms. The minimum Gasteiger partial charge on any atom is -0.455 e. The van der Waals surface area contributed by atoms with Crippen molar-refractivity contribution in [3.05, 3.63) is 128 Å². The lowest BCUT2D eigenvalue weighted by atomic mass is 9.92. The molecule has 0 fully saturated rings. The highest BCUT2D eigenvalue weighted by Crippen LogP contribution is 2.43. The summed E-state index contributed by atoms with van der Waals surface area (Å²) in [6.07, 6.45) is 3.68. The molecule has 9 aromatic rings. The average Bonchev–Trinajstić information content (AvgIpc) is 3.43. The summed E-state index contributed by atoms with van der Waals surface area (Å²) in [5.41, 5.74) is 8.66. The second-order valence-corrected chi connectivity index (χ2v) is 10.4. The smallest absolute Gasteiger partial charge is 0.143 e. The summed E-state index contributed by atoms with van der Waals surface area (Å²) in [4.78, 5) is 14.9. The van der Waals surface area contributed by atoms with Crippen molar-refractivity contribution in [3.8, 4) is 22.4 Å². The SMILES string of the molecule is c1cc(-c2cccc3c2oc2ccccc23)cc(-c2nc3ccccc3c3c4cccnc4c4ncccc4c23)c1. The maximum atomic E-state index is 6.39. The molecule has 0 saturated heterocycles. The number of rotatable bonds is 2. The van der Waals surface area contributed by atoms with Crippen LogP contribution in [0.25, 0.3) is 87.8 Å². The fourth-order valence-electron chi connectivity index (χ4n) is 6.36. The second kappa shape index (κ2) is 8.44. The monoisotopic (exact) mass is 523 g/mol. The third kappa shape index (κ3) is 3.19. The lowest BCUT2D eigenvalue weighted by molar-refractivity contribution is 0.670. The average molecular weight is 524 g/mol. The van der Waals surface area contributed by atoms with Crippen molar-refractivity contribution >= 4 is 65.4 Å². The molecule has 0 spiro atoms. The molecule has 0 atom stereocenters. The van der Waals surface area contributed by atoms with E-state index >= 15 is 0 Å². The Morgan fingerprint density at radius 1 is 0.488 bits per heavy atom. The van der Waals surface area contributed by atoms with Gasteiger partial charge in [0, 0.05) is 61.2 Å². The van der Waals surface area contributed by atoms with Crippen LogP contribution >= 0.6 is 0 Å². The zero-order valence-corrected chi connectivity index (χ0v) is 21.9. The maximum absolute atomic E-state index is 6.39. The summed E-state index contributed by atoms with van der Waals surface area (Å²) >= 11 is 0. The van der Waals surface area contributed by atoms with Gasteiger partial charge in [-0.15, -0.1) is 0 Å². The lowest BCUT2D eigenvalue weighted by Gasteiger charge is -2.15. The van der Waals surface area contributed by atoms with Crippen LogP contribution < -0.4 is 0 Å². The Kier molecular flexibility index (Phi) is 4.58. The molecule has 0 saturated carbocycles.